The van der Waals surface area contributed by atoms with E-state index in [1.165, 1.54) is 11.1 Å². The number of thioether (sulfide) groups is 1. The summed E-state index contributed by atoms with van der Waals surface area (Å²) in [7, 11) is 0. The molecule has 2 aliphatic heterocycles. The number of guanidine groups is 1. The molecule has 0 bridgehead atoms. The third kappa shape index (κ3) is 4.42. The zero-order chi connectivity index (χ0) is 16.1. The quantitative estimate of drug-likeness (QED) is 0.683. The third-order valence-corrected chi connectivity index (χ3v) is 5.62. The molecule has 0 amide bonds. The van der Waals surface area contributed by atoms with E-state index >= 15 is 0 Å². The van der Waals surface area contributed by atoms with Crippen LogP contribution in [0.3, 0.4) is 0 Å². The molecular formula is C18H27N3OS. The average molecular weight is 334 g/mol. The van der Waals surface area contributed by atoms with E-state index in [4.69, 9.17) is 15.5 Å². The second-order valence-corrected chi connectivity index (χ2v) is 7.63. The van der Waals surface area contributed by atoms with Crippen molar-refractivity contribution in [3.8, 4) is 0 Å². The van der Waals surface area contributed by atoms with E-state index in [1.807, 2.05) is 11.8 Å². The van der Waals surface area contributed by atoms with Crippen LogP contribution >= 0.6 is 11.8 Å². The second-order valence-electron chi connectivity index (χ2n) is 6.40. The molecule has 0 spiro atoms. The van der Waals surface area contributed by atoms with Crippen LogP contribution in [0.2, 0.25) is 0 Å². The first kappa shape index (κ1) is 16.7. The minimum absolute atomic E-state index is 0.151. The molecule has 1 aromatic carbocycles. The Morgan fingerprint density at radius 1 is 1.30 bits per heavy atom. The van der Waals surface area contributed by atoms with Crippen LogP contribution in [0.1, 0.15) is 30.1 Å². The number of benzene rings is 1. The average Bonchev–Trinajstić information content (AvgIpc) is 2.61. The Morgan fingerprint density at radius 3 is 2.78 bits per heavy atom. The van der Waals surface area contributed by atoms with Crippen LogP contribution in [0.25, 0.3) is 0 Å². The molecule has 5 heteroatoms. The first-order valence-electron chi connectivity index (χ1n) is 8.55. The van der Waals surface area contributed by atoms with Gasteiger partial charge >= 0.3 is 0 Å². The van der Waals surface area contributed by atoms with Gasteiger partial charge in [-0.05, 0) is 25.3 Å². The van der Waals surface area contributed by atoms with E-state index in [0.717, 1.165) is 50.6 Å². The molecule has 3 rings (SSSR count). The van der Waals surface area contributed by atoms with E-state index < -0.39 is 0 Å². The number of hydrogen-bond donors (Lipinski definition) is 1. The summed E-state index contributed by atoms with van der Waals surface area (Å²) in [6, 6.07) is 8.70. The number of rotatable bonds is 3. The molecule has 1 aromatic rings. The minimum Gasteiger partial charge on any atom is -0.373 e. The Hall–Kier alpha value is -1.20. The Morgan fingerprint density at radius 2 is 2.04 bits per heavy atom. The molecule has 2 atom stereocenters. The summed E-state index contributed by atoms with van der Waals surface area (Å²) in [5.74, 6) is 3.42. The minimum atomic E-state index is 0.151. The summed E-state index contributed by atoms with van der Waals surface area (Å²) in [6.07, 6.45) is 2.42. The lowest BCUT2D eigenvalue weighted by molar-refractivity contribution is -0.0250. The summed E-state index contributed by atoms with van der Waals surface area (Å²) in [5.41, 5.74) is 8.75. The van der Waals surface area contributed by atoms with Gasteiger partial charge in [0.25, 0.3) is 0 Å². The van der Waals surface area contributed by atoms with Crippen molar-refractivity contribution in [2.75, 3.05) is 37.7 Å². The van der Waals surface area contributed by atoms with Crippen molar-refractivity contribution in [3.05, 3.63) is 35.4 Å². The summed E-state index contributed by atoms with van der Waals surface area (Å²) >= 11 is 1.99. The molecule has 2 heterocycles. The maximum Gasteiger partial charge on any atom is 0.191 e. The molecule has 4 nitrogen and oxygen atoms in total. The van der Waals surface area contributed by atoms with Gasteiger partial charge in [0, 0.05) is 43.7 Å². The number of aliphatic imine (C=N–C) groups is 1. The van der Waals surface area contributed by atoms with Gasteiger partial charge in [-0.2, -0.15) is 11.8 Å². The number of nitrogens with two attached hydrogens (primary N) is 1. The molecule has 23 heavy (non-hydrogen) atoms. The van der Waals surface area contributed by atoms with Crippen molar-refractivity contribution in [2.24, 2.45) is 16.6 Å². The predicted octanol–water partition coefficient (Wildman–Crippen LogP) is 2.83. The van der Waals surface area contributed by atoms with Crippen LogP contribution in [0, 0.1) is 12.8 Å². The van der Waals surface area contributed by atoms with Gasteiger partial charge in [0.15, 0.2) is 5.96 Å². The molecule has 2 N–H and O–H groups in total. The highest BCUT2D eigenvalue weighted by Crippen LogP contribution is 2.34. The Labute approximate surface area is 143 Å². The fraction of sp³-hybridized carbons (Fsp3) is 0.611. The van der Waals surface area contributed by atoms with E-state index in [-0.39, 0.29) is 6.10 Å². The van der Waals surface area contributed by atoms with Gasteiger partial charge in [0.05, 0.1) is 6.10 Å². The van der Waals surface area contributed by atoms with Crippen molar-refractivity contribution >= 4 is 17.7 Å². The number of aryl methyl sites for hydroxylation is 1. The molecule has 2 unspecified atom stereocenters. The highest BCUT2D eigenvalue weighted by Gasteiger charge is 2.27. The van der Waals surface area contributed by atoms with E-state index in [2.05, 4.69) is 36.1 Å². The first-order valence-corrected chi connectivity index (χ1v) is 9.70. The molecule has 0 radical (unpaired) electrons. The SMILES string of the molecule is Cc1ccc(C2OCCCC2CN=C(N)N2CCSCC2)cc1. The van der Waals surface area contributed by atoms with Gasteiger partial charge in [-0.1, -0.05) is 29.8 Å². The summed E-state index contributed by atoms with van der Waals surface area (Å²) in [6.45, 7) is 5.75. The smallest absolute Gasteiger partial charge is 0.191 e. The lowest BCUT2D eigenvalue weighted by Gasteiger charge is -2.32. The van der Waals surface area contributed by atoms with Gasteiger partial charge in [-0.25, -0.2) is 0 Å². The molecule has 2 saturated heterocycles. The van der Waals surface area contributed by atoms with Gasteiger partial charge < -0.3 is 15.4 Å². The van der Waals surface area contributed by atoms with Crippen molar-refractivity contribution < 1.29 is 4.74 Å². The van der Waals surface area contributed by atoms with Gasteiger partial charge in [0.2, 0.25) is 0 Å². The number of ether oxygens (including phenoxy) is 1. The molecule has 0 aromatic heterocycles. The largest absolute Gasteiger partial charge is 0.373 e. The lowest BCUT2D eigenvalue weighted by Crippen LogP contribution is -2.43. The Balaban J connectivity index is 1.65. The van der Waals surface area contributed by atoms with Crippen molar-refractivity contribution in [1.29, 1.82) is 0 Å². The van der Waals surface area contributed by atoms with Crippen molar-refractivity contribution in [3.63, 3.8) is 0 Å². The van der Waals surface area contributed by atoms with Crippen molar-refractivity contribution in [2.45, 2.75) is 25.9 Å². The Kier molecular flexibility index (Phi) is 5.84. The zero-order valence-corrected chi connectivity index (χ0v) is 14.7. The molecule has 126 valence electrons. The highest BCUT2D eigenvalue weighted by atomic mass is 32.2. The second kappa shape index (κ2) is 8.06. The molecule has 0 saturated carbocycles. The maximum absolute atomic E-state index is 6.20. The van der Waals surface area contributed by atoms with Gasteiger partial charge in [-0.3, -0.25) is 4.99 Å². The summed E-state index contributed by atoms with van der Waals surface area (Å²) in [5, 5.41) is 0. The zero-order valence-electron chi connectivity index (χ0n) is 13.9. The normalized spacial score (nSPS) is 26.3. The summed E-state index contributed by atoms with van der Waals surface area (Å²) < 4.78 is 6.07. The third-order valence-electron chi connectivity index (χ3n) is 4.67. The van der Waals surface area contributed by atoms with E-state index in [0.29, 0.717) is 11.9 Å². The lowest BCUT2D eigenvalue weighted by atomic mass is 9.89. The Bertz CT molecular complexity index is 526. The van der Waals surface area contributed by atoms with Crippen molar-refractivity contribution in [1.82, 2.24) is 4.90 Å². The fourth-order valence-electron chi connectivity index (χ4n) is 3.26. The van der Waals surface area contributed by atoms with Crippen LogP contribution in [0.4, 0.5) is 0 Å². The monoisotopic (exact) mass is 333 g/mol. The maximum atomic E-state index is 6.20. The van der Waals surface area contributed by atoms with Crippen LogP contribution < -0.4 is 5.73 Å². The summed E-state index contributed by atoms with van der Waals surface area (Å²) in [4.78, 5) is 6.91. The van der Waals surface area contributed by atoms with E-state index in [9.17, 15) is 0 Å². The van der Waals surface area contributed by atoms with E-state index in [1.54, 1.807) is 0 Å². The van der Waals surface area contributed by atoms with Gasteiger partial charge in [-0.15, -0.1) is 0 Å². The standard InChI is InChI=1S/C18H27N3OS/c1-14-4-6-15(7-5-14)17-16(3-2-10-22-17)13-20-18(19)21-8-11-23-12-9-21/h4-7,16-17H,2-3,8-13H2,1H3,(H2,19,20). The molecule has 2 aliphatic rings. The molecule has 0 aliphatic carbocycles. The highest BCUT2D eigenvalue weighted by molar-refractivity contribution is 7.99. The topological polar surface area (TPSA) is 50.9 Å². The predicted molar refractivity (Wildman–Crippen MR) is 98.0 cm³/mol. The molecular weight excluding hydrogens is 306 g/mol. The number of nitrogens with zero attached hydrogens (tertiary/aromatic N) is 2. The fourth-order valence-corrected chi connectivity index (χ4v) is 4.16. The first-order chi connectivity index (χ1) is 11.2. The van der Waals surface area contributed by atoms with Gasteiger partial charge in [0.1, 0.15) is 0 Å². The van der Waals surface area contributed by atoms with Crippen LogP contribution in [-0.4, -0.2) is 48.6 Å². The number of hydrogen-bond acceptors (Lipinski definition) is 3. The van der Waals surface area contributed by atoms with Crippen LogP contribution in [0.5, 0.6) is 0 Å². The van der Waals surface area contributed by atoms with Crippen LogP contribution in [-0.2, 0) is 4.74 Å². The molecule has 2 fully saturated rings. The van der Waals surface area contributed by atoms with Crippen LogP contribution in [0.15, 0.2) is 29.3 Å².